The number of thiazole rings is 1. The summed E-state index contributed by atoms with van der Waals surface area (Å²) in [6, 6.07) is 0. The highest BCUT2D eigenvalue weighted by molar-refractivity contribution is 7.09. The van der Waals surface area contributed by atoms with Crippen molar-refractivity contribution < 1.29 is 9.90 Å². The molecule has 0 radical (unpaired) electrons. The smallest absolute Gasteiger partial charge is 0.271 e. The molecule has 0 saturated carbocycles. The molecule has 1 aromatic heterocycles. The molecule has 1 aromatic rings. The molecule has 96 valence electrons. The number of carbonyl (C=O) groups is 1. The Balaban J connectivity index is 2.77. The fourth-order valence-corrected chi connectivity index (χ4v) is 2.16. The molecule has 0 spiro atoms. The van der Waals surface area contributed by atoms with Gasteiger partial charge in [0, 0.05) is 11.9 Å². The summed E-state index contributed by atoms with van der Waals surface area (Å²) in [5, 5.41) is 14.6. The maximum Gasteiger partial charge on any atom is 0.271 e. The van der Waals surface area contributed by atoms with E-state index < -0.39 is 5.54 Å². The van der Waals surface area contributed by atoms with Gasteiger partial charge >= 0.3 is 0 Å². The predicted molar refractivity (Wildman–Crippen MR) is 67.9 cm³/mol. The first kappa shape index (κ1) is 14.1. The molecule has 0 fully saturated rings. The first-order valence-electron chi connectivity index (χ1n) is 5.68. The molecule has 0 atom stereocenters. The van der Waals surface area contributed by atoms with Crippen LogP contribution in [0.3, 0.4) is 0 Å². The summed E-state index contributed by atoms with van der Waals surface area (Å²) in [5.41, 5.74) is 5.26. The SMILES string of the molecule is CCC(CC)(CO)NC(=O)c1csc(CN)n1. The Morgan fingerprint density at radius 3 is 2.65 bits per heavy atom. The molecular formula is C11H19N3O2S. The fraction of sp³-hybridized carbons (Fsp3) is 0.636. The van der Waals surface area contributed by atoms with Gasteiger partial charge in [0.25, 0.3) is 5.91 Å². The van der Waals surface area contributed by atoms with Gasteiger partial charge in [-0.2, -0.15) is 0 Å². The zero-order chi connectivity index (χ0) is 12.9. The van der Waals surface area contributed by atoms with Crippen LogP contribution in [0.1, 0.15) is 42.2 Å². The molecule has 1 rings (SSSR count). The van der Waals surface area contributed by atoms with Gasteiger partial charge in [0.1, 0.15) is 10.7 Å². The average Bonchev–Trinajstić information content (AvgIpc) is 2.85. The van der Waals surface area contributed by atoms with Gasteiger partial charge in [-0.1, -0.05) is 13.8 Å². The topological polar surface area (TPSA) is 88.2 Å². The van der Waals surface area contributed by atoms with Gasteiger partial charge < -0.3 is 16.2 Å². The van der Waals surface area contributed by atoms with Crippen molar-refractivity contribution in [1.82, 2.24) is 10.3 Å². The van der Waals surface area contributed by atoms with E-state index in [4.69, 9.17) is 5.73 Å². The molecule has 5 nitrogen and oxygen atoms in total. The minimum atomic E-state index is -0.552. The predicted octanol–water partition coefficient (Wildman–Crippen LogP) is 0.883. The number of carbonyl (C=O) groups excluding carboxylic acids is 1. The number of rotatable bonds is 6. The van der Waals surface area contributed by atoms with Crippen molar-refractivity contribution in [2.45, 2.75) is 38.8 Å². The summed E-state index contributed by atoms with van der Waals surface area (Å²) in [4.78, 5) is 16.1. The van der Waals surface area contributed by atoms with Crippen molar-refractivity contribution in [3.05, 3.63) is 16.1 Å². The minimum absolute atomic E-state index is 0.0698. The van der Waals surface area contributed by atoms with Gasteiger partial charge in [-0.3, -0.25) is 4.79 Å². The van der Waals surface area contributed by atoms with E-state index in [-0.39, 0.29) is 12.5 Å². The average molecular weight is 257 g/mol. The molecule has 0 aliphatic carbocycles. The number of aliphatic hydroxyl groups is 1. The van der Waals surface area contributed by atoms with Gasteiger partial charge in [0.05, 0.1) is 12.1 Å². The number of amides is 1. The van der Waals surface area contributed by atoms with Crippen LogP contribution in [0.15, 0.2) is 5.38 Å². The third-order valence-electron chi connectivity index (χ3n) is 2.99. The van der Waals surface area contributed by atoms with Crippen LogP contribution in [0, 0.1) is 0 Å². The van der Waals surface area contributed by atoms with Crippen LogP contribution in [-0.2, 0) is 6.54 Å². The van der Waals surface area contributed by atoms with Crippen molar-refractivity contribution >= 4 is 17.2 Å². The molecule has 1 amide bonds. The Hall–Kier alpha value is -0.980. The van der Waals surface area contributed by atoms with Crippen LogP contribution in [0.4, 0.5) is 0 Å². The quantitative estimate of drug-likeness (QED) is 0.706. The second-order valence-corrected chi connectivity index (χ2v) is 4.87. The third kappa shape index (κ3) is 3.24. The van der Waals surface area contributed by atoms with Crippen LogP contribution in [-0.4, -0.2) is 28.1 Å². The first-order valence-corrected chi connectivity index (χ1v) is 6.56. The highest BCUT2D eigenvalue weighted by Gasteiger charge is 2.28. The van der Waals surface area contributed by atoms with Gasteiger partial charge in [-0.25, -0.2) is 4.98 Å². The molecule has 0 saturated heterocycles. The summed E-state index contributed by atoms with van der Waals surface area (Å²) in [7, 11) is 0. The van der Waals surface area contributed by atoms with Crippen molar-refractivity contribution in [1.29, 1.82) is 0 Å². The van der Waals surface area contributed by atoms with Crippen LogP contribution in [0.2, 0.25) is 0 Å². The number of hydrogen-bond acceptors (Lipinski definition) is 5. The Labute approximate surface area is 105 Å². The van der Waals surface area contributed by atoms with E-state index in [1.54, 1.807) is 5.38 Å². The summed E-state index contributed by atoms with van der Waals surface area (Å²) in [5.74, 6) is -0.251. The molecule has 4 N–H and O–H groups in total. The summed E-state index contributed by atoms with van der Waals surface area (Å²) < 4.78 is 0. The zero-order valence-corrected chi connectivity index (χ0v) is 11.0. The fourth-order valence-electron chi connectivity index (χ4n) is 1.50. The number of nitrogens with zero attached hydrogens (tertiary/aromatic N) is 1. The van der Waals surface area contributed by atoms with Crippen molar-refractivity contribution in [2.24, 2.45) is 5.73 Å². The Morgan fingerprint density at radius 2 is 2.24 bits per heavy atom. The van der Waals surface area contributed by atoms with Gasteiger partial charge in [-0.15, -0.1) is 11.3 Å². The van der Waals surface area contributed by atoms with E-state index in [1.807, 2.05) is 13.8 Å². The zero-order valence-electron chi connectivity index (χ0n) is 10.2. The molecule has 1 heterocycles. The van der Waals surface area contributed by atoms with Gasteiger partial charge in [0.2, 0.25) is 0 Å². The number of hydrogen-bond donors (Lipinski definition) is 3. The summed E-state index contributed by atoms with van der Waals surface area (Å²) >= 11 is 1.37. The molecule has 0 unspecified atom stereocenters. The van der Waals surface area contributed by atoms with E-state index in [1.165, 1.54) is 11.3 Å². The number of nitrogens with one attached hydrogen (secondary N) is 1. The minimum Gasteiger partial charge on any atom is -0.394 e. The maximum absolute atomic E-state index is 11.9. The van der Waals surface area contributed by atoms with Crippen molar-refractivity contribution in [2.75, 3.05) is 6.61 Å². The first-order chi connectivity index (χ1) is 8.10. The normalized spacial score (nSPS) is 11.5. The van der Waals surface area contributed by atoms with Crippen molar-refractivity contribution in [3.8, 4) is 0 Å². The van der Waals surface area contributed by atoms with E-state index >= 15 is 0 Å². The molecular weight excluding hydrogens is 238 g/mol. The number of aromatic nitrogens is 1. The highest BCUT2D eigenvalue weighted by atomic mass is 32.1. The van der Waals surface area contributed by atoms with E-state index in [0.717, 1.165) is 5.01 Å². The highest BCUT2D eigenvalue weighted by Crippen LogP contribution is 2.16. The largest absolute Gasteiger partial charge is 0.394 e. The molecule has 17 heavy (non-hydrogen) atoms. The van der Waals surface area contributed by atoms with Crippen LogP contribution in [0.25, 0.3) is 0 Å². The lowest BCUT2D eigenvalue weighted by Crippen LogP contribution is -2.50. The Bertz CT molecular complexity index is 366. The van der Waals surface area contributed by atoms with E-state index in [9.17, 15) is 9.90 Å². The van der Waals surface area contributed by atoms with Crippen LogP contribution in [0.5, 0.6) is 0 Å². The van der Waals surface area contributed by atoms with Crippen LogP contribution < -0.4 is 11.1 Å². The lowest BCUT2D eigenvalue weighted by molar-refractivity contribution is 0.0813. The molecule has 0 aromatic carbocycles. The second kappa shape index (κ2) is 6.09. The lowest BCUT2D eigenvalue weighted by atomic mass is 9.94. The van der Waals surface area contributed by atoms with Gasteiger partial charge in [-0.05, 0) is 12.8 Å². The monoisotopic (exact) mass is 257 g/mol. The molecule has 0 aliphatic rings. The Kier molecular flexibility index (Phi) is 5.04. The summed E-state index contributed by atoms with van der Waals surface area (Å²) in [6.07, 6.45) is 1.36. The molecule has 0 aliphatic heterocycles. The Morgan fingerprint density at radius 1 is 1.59 bits per heavy atom. The van der Waals surface area contributed by atoms with Crippen LogP contribution >= 0.6 is 11.3 Å². The third-order valence-corrected chi connectivity index (χ3v) is 3.87. The van der Waals surface area contributed by atoms with E-state index in [0.29, 0.717) is 25.1 Å². The summed E-state index contributed by atoms with van der Waals surface area (Å²) in [6.45, 7) is 4.14. The molecule has 6 heteroatoms. The number of aliphatic hydroxyl groups excluding tert-OH is 1. The van der Waals surface area contributed by atoms with Gasteiger partial charge in [0.15, 0.2) is 0 Å². The number of nitrogens with two attached hydrogens (primary N) is 1. The standard InChI is InChI=1S/C11H19N3O2S/c1-3-11(4-2,7-15)14-10(16)8-6-17-9(5-12)13-8/h6,15H,3-5,7,12H2,1-2H3,(H,14,16). The van der Waals surface area contributed by atoms with Crippen molar-refractivity contribution in [3.63, 3.8) is 0 Å². The lowest BCUT2D eigenvalue weighted by Gasteiger charge is -2.30. The second-order valence-electron chi connectivity index (χ2n) is 3.93. The molecule has 0 bridgehead atoms. The van der Waals surface area contributed by atoms with E-state index in [2.05, 4.69) is 10.3 Å². The maximum atomic E-state index is 11.9.